The van der Waals surface area contributed by atoms with Gasteiger partial charge in [-0.3, -0.25) is 4.79 Å². The van der Waals surface area contributed by atoms with Crippen LogP contribution in [0.1, 0.15) is 34.1 Å². The Morgan fingerprint density at radius 2 is 0.767 bits per heavy atom. The van der Waals surface area contributed by atoms with Gasteiger partial charge in [-0.1, -0.05) is 84.9 Å². The van der Waals surface area contributed by atoms with Crippen molar-refractivity contribution in [2.45, 2.75) is 11.8 Å². The second-order valence-corrected chi connectivity index (χ2v) is 7.19. The average molecular weight is 398 g/mol. The molecule has 0 bridgehead atoms. The first kappa shape index (κ1) is 19.7. The number of benzene rings is 4. The van der Waals surface area contributed by atoms with Gasteiger partial charge >= 0.3 is 0 Å². The fraction of sp³-hybridized carbons (Fsp3) is 0.0741. The van der Waals surface area contributed by atoms with Crippen LogP contribution in [0.2, 0.25) is 0 Å². The van der Waals surface area contributed by atoms with E-state index in [2.05, 4.69) is 0 Å². The van der Waals surface area contributed by atoms with Gasteiger partial charge in [-0.05, 0) is 46.5 Å². The molecule has 0 aromatic heterocycles. The molecule has 30 heavy (non-hydrogen) atoms. The van der Waals surface area contributed by atoms with Crippen LogP contribution in [0.25, 0.3) is 0 Å². The van der Waals surface area contributed by atoms with Crippen molar-refractivity contribution in [2.24, 2.45) is 0 Å². The number of Topliss-reactive ketones (excluding diaryl/α,β-unsaturated/α-hetero) is 1. The van der Waals surface area contributed by atoms with Gasteiger partial charge in [0.05, 0.1) is 11.8 Å². The van der Waals surface area contributed by atoms with Crippen LogP contribution < -0.4 is 0 Å². The highest BCUT2D eigenvalue weighted by molar-refractivity contribution is 5.97. The number of halogens is 2. The quantitative estimate of drug-likeness (QED) is 0.362. The highest BCUT2D eigenvalue weighted by Gasteiger charge is 2.31. The van der Waals surface area contributed by atoms with Crippen LogP contribution in [-0.4, -0.2) is 5.78 Å². The first-order chi connectivity index (χ1) is 14.6. The van der Waals surface area contributed by atoms with E-state index in [-0.39, 0.29) is 17.4 Å². The van der Waals surface area contributed by atoms with Gasteiger partial charge < -0.3 is 0 Å². The lowest BCUT2D eigenvalue weighted by molar-refractivity contribution is -0.120. The molecule has 0 fully saturated rings. The summed E-state index contributed by atoms with van der Waals surface area (Å²) in [6.45, 7) is 0. The summed E-state index contributed by atoms with van der Waals surface area (Å²) in [5.74, 6) is -1.91. The summed E-state index contributed by atoms with van der Waals surface area (Å²) in [6.07, 6.45) is 0. The van der Waals surface area contributed by atoms with Crippen LogP contribution in [0, 0.1) is 11.6 Å². The van der Waals surface area contributed by atoms with Gasteiger partial charge in [-0.2, -0.15) is 0 Å². The van der Waals surface area contributed by atoms with Gasteiger partial charge in [0.2, 0.25) is 0 Å². The summed E-state index contributed by atoms with van der Waals surface area (Å²) in [5.41, 5.74) is 3.10. The third-order valence-corrected chi connectivity index (χ3v) is 5.24. The maximum Gasteiger partial charge on any atom is 0.156 e. The Kier molecular flexibility index (Phi) is 5.80. The molecule has 0 saturated carbocycles. The molecular formula is C27H20F2O. The maximum atomic E-state index is 14.0. The number of hydrogen-bond acceptors (Lipinski definition) is 1. The molecule has 4 aromatic rings. The number of ketones is 1. The Balaban J connectivity index is 1.86. The molecule has 1 nitrogen and oxygen atoms in total. The molecule has 2 unspecified atom stereocenters. The highest BCUT2D eigenvalue weighted by atomic mass is 19.1. The lowest BCUT2D eigenvalue weighted by Crippen LogP contribution is -2.23. The van der Waals surface area contributed by atoms with E-state index in [1.165, 1.54) is 24.3 Å². The summed E-state index contributed by atoms with van der Waals surface area (Å²) in [5, 5.41) is 0. The van der Waals surface area contributed by atoms with Crippen LogP contribution in [0.5, 0.6) is 0 Å². The third kappa shape index (κ3) is 4.20. The Bertz CT molecular complexity index is 1010. The molecule has 0 spiro atoms. The van der Waals surface area contributed by atoms with E-state index in [9.17, 15) is 13.6 Å². The standard InChI is InChI=1S/C27H20F2O/c28-23-15-11-21(12-16-23)25(19-7-3-1-4-8-19)27(30)26(20-9-5-2-6-10-20)22-13-17-24(29)18-14-22/h1-18,25-26H. The Morgan fingerprint density at radius 3 is 1.10 bits per heavy atom. The van der Waals surface area contributed by atoms with E-state index in [1.807, 2.05) is 60.7 Å². The van der Waals surface area contributed by atoms with Crippen LogP contribution in [0.15, 0.2) is 109 Å². The molecule has 0 amide bonds. The van der Waals surface area contributed by atoms with Crippen LogP contribution in [0.4, 0.5) is 8.78 Å². The molecule has 3 heteroatoms. The number of rotatable bonds is 6. The van der Waals surface area contributed by atoms with Gasteiger partial charge in [0.15, 0.2) is 5.78 Å². The molecule has 4 rings (SSSR count). The minimum absolute atomic E-state index is 0.0504. The maximum absolute atomic E-state index is 14.0. The summed E-state index contributed by atoms with van der Waals surface area (Å²) in [7, 11) is 0. The predicted molar refractivity (Wildman–Crippen MR) is 114 cm³/mol. The number of carbonyl (C=O) groups is 1. The van der Waals surface area contributed by atoms with Crippen molar-refractivity contribution in [1.82, 2.24) is 0 Å². The van der Waals surface area contributed by atoms with Gasteiger partial charge in [0.25, 0.3) is 0 Å². The van der Waals surface area contributed by atoms with E-state index in [1.54, 1.807) is 24.3 Å². The predicted octanol–water partition coefficient (Wildman–Crippen LogP) is 6.50. The minimum atomic E-state index is -0.581. The highest BCUT2D eigenvalue weighted by Crippen LogP contribution is 2.36. The summed E-state index contributed by atoms with van der Waals surface area (Å²) in [6, 6.07) is 31.0. The minimum Gasteiger partial charge on any atom is -0.298 e. The van der Waals surface area contributed by atoms with Gasteiger partial charge in [-0.15, -0.1) is 0 Å². The van der Waals surface area contributed by atoms with Crippen LogP contribution in [0.3, 0.4) is 0 Å². The Hall–Kier alpha value is -3.59. The molecule has 0 heterocycles. The van der Waals surface area contributed by atoms with Crippen molar-refractivity contribution in [3.05, 3.63) is 143 Å². The van der Waals surface area contributed by atoms with Crippen molar-refractivity contribution >= 4 is 5.78 Å². The van der Waals surface area contributed by atoms with E-state index in [0.29, 0.717) is 0 Å². The summed E-state index contributed by atoms with van der Waals surface area (Å²) in [4.78, 5) is 14.0. The van der Waals surface area contributed by atoms with Crippen molar-refractivity contribution in [2.75, 3.05) is 0 Å². The zero-order chi connectivity index (χ0) is 20.9. The van der Waals surface area contributed by atoms with Crippen molar-refractivity contribution in [3.8, 4) is 0 Å². The molecule has 148 valence electrons. The first-order valence-corrected chi connectivity index (χ1v) is 9.78. The molecule has 0 radical (unpaired) electrons. The van der Waals surface area contributed by atoms with Crippen molar-refractivity contribution in [3.63, 3.8) is 0 Å². The molecule has 4 aromatic carbocycles. The fourth-order valence-corrected chi connectivity index (χ4v) is 3.81. The lowest BCUT2D eigenvalue weighted by atomic mass is 9.77. The number of carbonyl (C=O) groups excluding carboxylic acids is 1. The number of hydrogen-bond donors (Lipinski definition) is 0. The molecule has 0 saturated heterocycles. The van der Waals surface area contributed by atoms with Crippen LogP contribution >= 0.6 is 0 Å². The SMILES string of the molecule is O=C(C(c1ccccc1)c1ccc(F)cc1)C(c1ccccc1)c1ccc(F)cc1. The third-order valence-electron chi connectivity index (χ3n) is 5.24. The molecule has 0 N–H and O–H groups in total. The zero-order valence-corrected chi connectivity index (χ0v) is 16.2. The molecule has 0 aliphatic carbocycles. The smallest absolute Gasteiger partial charge is 0.156 e. The molecule has 0 aliphatic rings. The van der Waals surface area contributed by atoms with E-state index >= 15 is 0 Å². The van der Waals surface area contributed by atoms with Crippen LogP contribution in [-0.2, 0) is 4.79 Å². The van der Waals surface area contributed by atoms with E-state index in [0.717, 1.165) is 22.3 Å². The first-order valence-electron chi connectivity index (χ1n) is 9.78. The van der Waals surface area contributed by atoms with Crippen molar-refractivity contribution in [1.29, 1.82) is 0 Å². The zero-order valence-electron chi connectivity index (χ0n) is 16.2. The Labute approximate surface area is 174 Å². The van der Waals surface area contributed by atoms with E-state index in [4.69, 9.17) is 0 Å². The topological polar surface area (TPSA) is 17.1 Å². The Morgan fingerprint density at radius 1 is 0.467 bits per heavy atom. The van der Waals surface area contributed by atoms with Gasteiger partial charge in [0, 0.05) is 0 Å². The van der Waals surface area contributed by atoms with E-state index < -0.39 is 11.8 Å². The average Bonchev–Trinajstić information content (AvgIpc) is 2.78. The van der Waals surface area contributed by atoms with Gasteiger partial charge in [0.1, 0.15) is 11.6 Å². The summed E-state index contributed by atoms with van der Waals surface area (Å²) < 4.78 is 27.1. The fourth-order valence-electron chi connectivity index (χ4n) is 3.81. The lowest BCUT2D eigenvalue weighted by Gasteiger charge is -2.24. The normalized spacial score (nSPS) is 12.9. The summed E-state index contributed by atoms with van der Waals surface area (Å²) >= 11 is 0. The largest absolute Gasteiger partial charge is 0.298 e. The molecule has 0 aliphatic heterocycles. The van der Waals surface area contributed by atoms with Gasteiger partial charge in [-0.25, -0.2) is 8.78 Å². The molecule has 2 atom stereocenters. The molecular weight excluding hydrogens is 378 g/mol. The second kappa shape index (κ2) is 8.83. The monoisotopic (exact) mass is 398 g/mol. The van der Waals surface area contributed by atoms with Crippen molar-refractivity contribution < 1.29 is 13.6 Å². The second-order valence-electron chi connectivity index (χ2n) is 7.19.